The van der Waals surface area contributed by atoms with Crippen molar-refractivity contribution in [2.45, 2.75) is 25.5 Å². The molecule has 0 spiro atoms. The first-order valence-electron chi connectivity index (χ1n) is 6.41. The quantitative estimate of drug-likeness (QED) is 0.847. The molecular weight excluding hydrogens is 260 g/mol. The molecule has 100 valence electrons. The maximum absolute atomic E-state index is 11.5. The highest BCUT2D eigenvalue weighted by atomic mass is 32.2. The van der Waals surface area contributed by atoms with Gasteiger partial charge in [-0.05, 0) is 11.1 Å². The Balaban J connectivity index is 1.93. The average Bonchev–Trinajstić information content (AvgIpc) is 2.96. The monoisotopic (exact) mass is 276 g/mol. The van der Waals surface area contributed by atoms with Crippen LogP contribution in [0.25, 0.3) is 0 Å². The third-order valence-electron chi connectivity index (χ3n) is 3.57. The molecule has 1 aromatic rings. The standard InChI is InChI=1S/C14H16N2O2S/c1-9(17)16-6-7-19-14(16)15-13-11-5-3-2-4-10(11)8-12(13)18/h2-5,12-13,18H,6-8H2,1H3/b15-14+. The summed E-state index contributed by atoms with van der Waals surface area (Å²) in [6.07, 6.45) is 0.155. The lowest BCUT2D eigenvalue weighted by atomic mass is 10.1. The van der Waals surface area contributed by atoms with E-state index in [0.29, 0.717) is 13.0 Å². The molecule has 2 aliphatic rings. The van der Waals surface area contributed by atoms with Crippen LogP contribution >= 0.6 is 11.8 Å². The maximum Gasteiger partial charge on any atom is 0.225 e. The van der Waals surface area contributed by atoms with Crippen LogP contribution in [0.3, 0.4) is 0 Å². The lowest BCUT2D eigenvalue weighted by Gasteiger charge is -2.17. The number of aliphatic hydroxyl groups excluding tert-OH is 1. The van der Waals surface area contributed by atoms with E-state index < -0.39 is 6.10 Å². The van der Waals surface area contributed by atoms with Gasteiger partial charge in [0, 0.05) is 25.6 Å². The highest BCUT2D eigenvalue weighted by Gasteiger charge is 2.33. The molecule has 1 fully saturated rings. The molecule has 1 saturated heterocycles. The van der Waals surface area contributed by atoms with Crippen LogP contribution in [-0.4, -0.2) is 39.5 Å². The Kier molecular flexibility index (Phi) is 3.33. The molecular formula is C14H16N2O2S. The van der Waals surface area contributed by atoms with Crippen molar-refractivity contribution >= 4 is 22.8 Å². The first kappa shape index (κ1) is 12.7. The summed E-state index contributed by atoms with van der Waals surface area (Å²) in [5.74, 6) is 0.896. The van der Waals surface area contributed by atoms with Crippen molar-refractivity contribution in [2.24, 2.45) is 4.99 Å². The maximum atomic E-state index is 11.5. The van der Waals surface area contributed by atoms with Gasteiger partial charge in [-0.2, -0.15) is 0 Å². The summed E-state index contributed by atoms with van der Waals surface area (Å²) in [6.45, 7) is 2.27. The molecule has 0 bridgehead atoms. The number of thioether (sulfide) groups is 1. The van der Waals surface area contributed by atoms with Gasteiger partial charge in [0.25, 0.3) is 0 Å². The van der Waals surface area contributed by atoms with Crippen LogP contribution in [0.4, 0.5) is 0 Å². The lowest BCUT2D eigenvalue weighted by Crippen LogP contribution is -2.30. The number of carbonyl (C=O) groups excluding carboxylic acids is 1. The van der Waals surface area contributed by atoms with Gasteiger partial charge in [0.1, 0.15) is 6.04 Å². The zero-order valence-corrected chi connectivity index (χ0v) is 11.6. The molecule has 3 rings (SSSR count). The van der Waals surface area contributed by atoms with Crippen LogP contribution in [0.2, 0.25) is 0 Å². The van der Waals surface area contributed by atoms with Crippen LogP contribution in [0.15, 0.2) is 29.3 Å². The summed E-state index contributed by atoms with van der Waals surface area (Å²) in [5, 5.41) is 10.9. The van der Waals surface area contributed by atoms with E-state index in [1.807, 2.05) is 24.3 Å². The van der Waals surface area contributed by atoms with E-state index in [4.69, 9.17) is 0 Å². The molecule has 1 aromatic carbocycles. The number of benzene rings is 1. The van der Waals surface area contributed by atoms with Crippen molar-refractivity contribution in [3.8, 4) is 0 Å². The van der Waals surface area contributed by atoms with E-state index in [9.17, 15) is 9.90 Å². The van der Waals surface area contributed by atoms with Crippen molar-refractivity contribution < 1.29 is 9.90 Å². The topological polar surface area (TPSA) is 52.9 Å². The Morgan fingerprint density at radius 3 is 3.05 bits per heavy atom. The fraction of sp³-hybridized carbons (Fsp3) is 0.429. The highest BCUT2D eigenvalue weighted by Crippen LogP contribution is 2.35. The van der Waals surface area contributed by atoms with Crippen molar-refractivity contribution in [1.29, 1.82) is 0 Å². The molecule has 4 nitrogen and oxygen atoms in total. The van der Waals surface area contributed by atoms with Gasteiger partial charge in [0.2, 0.25) is 5.91 Å². The van der Waals surface area contributed by atoms with Gasteiger partial charge in [-0.15, -0.1) is 0 Å². The van der Waals surface area contributed by atoms with Gasteiger partial charge in [-0.1, -0.05) is 36.0 Å². The third-order valence-corrected chi connectivity index (χ3v) is 4.54. The molecule has 2 unspecified atom stereocenters. The summed E-state index contributed by atoms with van der Waals surface area (Å²) < 4.78 is 0. The Hall–Kier alpha value is -1.33. The normalized spacial score (nSPS) is 27.9. The second kappa shape index (κ2) is 4.98. The smallest absolute Gasteiger partial charge is 0.225 e. The van der Waals surface area contributed by atoms with Crippen molar-refractivity contribution in [2.75, 3.05) is 12.3 Å². The zero-order chi connectivity index (χ0) is 13.4. The van der Waals surface area contributed by atoms with Crippen LogP contribution in [0, 0.1) is 0 Å². The Morgan fingerprint density at radius 1 is 1.47 bits per heavy atom. The Bertz CT molecular complexity index is 544. The number of carbonyl (C=O) groups is 1. The predicted molar refractivity (Wildman–Crippen MR) is 76.2 cm³/mol. The van der Waals surface area contributed by atoms with Crippen LogP contribution < -0.4 is 0 Å². The number of rotatable bonds is 1. The molecule has 1 amide bonds. The molecule has 5 heteroatoms. The third kappa shape index (κ3) is 2.28. The number of hydrogen-bond acceptors (Lipinski definition) is 4. The van der Waals surface area contributed by atoms with E-state index in [-0.39, 0.29) is 11.9 Å². The molecule has 0 aromatic heterocycles. The fourth-order valence-electron chi connectivity index (χ4n) is 2.63. The summed E-state index contributed by atoms with van der Waals surface area (Å²) in [6, 6.07) is 7.75. The number of nitrogens with zero attached hydrogens (tertiary/aromatic N) is 2. The van der Waals surface area contributed by atoms with Gasteiger partial charge >= 0.3 is 0 Å². The second-order valence-corrected chi connectivity index (χ2v) is 5.91. The minimum Gasteiger partial charge on any atom is -0.390 e. The minimum absolute atomic E-state index is 0.0181. The van der Waals surface area contributed by atoms with Crippen LogP contribution in [-0.2, 0) is 11.2 Å². The van der Waals surface area contributed by atoms with Crippen molar-refractivity contribution in [1.82, 2.24) is 4.90 Å². The number of amides is 1. The first-order valence-corrected chi connectivity index (χ1v) is 7.40. The van der Waals surface area contributed by atoms with Gasteiger partial charge in [-0.25, -0.2) is 0 Å². The van der Waals surface area contributed by atoms with E-state index >= 15 is 0 Å². The lowest BCUT2D eigenvalue weighted by molar-refractivity contribution is -0.124. The summed E-state index contributed by atoms with van der Waals surface area (Å²) >= 11 is 1.59. The minimum atomic E-state index is -0.486. The van der Waals surface area contributed by atoms with Gasteiger partial charge < -0.3 is 5.11 Å². The molecule has 19 heavy (non-hydrogen) atoms. The molecule has 1 N–H and O–H groups in total. The van der Waals surface area contributed by atoms with E-state index in [0.717, 1.165) is 22.0 Å². The molecule has 2 atom stereocenters. The summed E-state index contributed by atoms with van der Waals surface area (Å²) in [4.78, 5) is 17.9. The molecule has 1 heterocycles. The molecule has 1 aliphatic heterocycles. The zero-order valence-electron chi connectivity index (χ0n) is 10.7. The van der Waals surface area contributed by atoms with Gasteiger partial charge in [0.15, 0.2) is 5.17 Å². The largest absolute Gasteiger partial charge is 0.390 e. The number of aliphatic imine (C=N–C) groups is 1. The first-order chi connectivity index (χ1) is 9.16. The molecule has 1 aliphatic carbocycles. The molecule has 0 saturated carbocycles. The second-order valence-electron chi connectivity index (χ2n) is 4.85. The summed E-state index contributed by atoms with van der Waals surface area (Å²) in [5.41, 5.74) is 2.24. The number of hydrogen-bond donors (Lipinski definition) is 1. The number of amidine groups is 1. The predicted octanol–water partition coefficient (Wildman–Crippen LogP) is 1.60. The Labute approximate surface area is 116 Å². The molecule has 0 radical (unpaired) electrons. The van der Waals surface area contributed by atoms with Crippen LogP contribution in [0.5, 0.6) is 0 Å². The van der Waals surface area contributed by atoms with Crippen molar-refractivity contribution in [3.63, 3.8) is 0 Å². The number of fused-ring (bicyclic) bond motifs is 1. The van der Waals surface area contributed by atoms with E-state index in [2.05, 4.69) is 4.99 Å². The SMILES string of the molecule is CC(=O)N1CCS/C1=N/C1c2ccccc2CC1O. The summed E-state index contributed by atoms with van der Waals surface area (Å²) in [7, 11) is 0. The highest BCUT2D eigenvalue weighted by molar-refractivity contribution is 8.14. The van der Waals surface area contributed by atoms with Gasteiger partial charge in [0.05, 0.1) is 6.10 Å². The van der Waals surface area contributed by atoms with Crippen LogP contribution in [0.1, 0.15) is 24.1 Å². The average molecular weight is 276 g/mol. The van der Waals surface area contributed by atoms with E-state index in [1.165, 1.54) is 0 Å². The van der Waals surface area contributed by atoms with Gasteiger partial charge in [-0.3, -0.25) is 14.7 Å². The van der Waals surface area contributed by atoms with E-state index in [1.54, 1.807) is 23.6 Å². The fourth-order valence-corrected chi connectivity index (χ4v) is 3.65. The number of aliphatic hydroxyl groups is 1. The van der Waals surface area contributed by atoms with Crippen molar-refractivity contribution in [3.05, 3.63) is 35.4 Å². The Morgan fingerprint density at radius 2 is 2.26 bits per heavy atom.